The van der Waals surface area contributed by atoms with Gasteiger partial charge in [0.25, 0.3) is 5.91 Å². The first-order valence-corrected chi connectivity index (χ1v) is 8.20. The molecule has 0 atom stereocenters. The number of hydrogen-bond acceptors (Lipinski definition) is 3. The van der Waals surface area contributed by atoms with Crippen molar-refractivity contribution < 1.29 is 4.79 Å². The van der Waals surface area contributed by atoms with E-state index in [2.05, 4.69) is 29.0 Å². The predicted molar refractivity (Wildman–Crippen MR) is 98.7 cm³/mol. The van der Waals surface area contributed by atoms with E-state index in [9.17, 15) is 4.79 Å². The minimum atomic E-state index is -0.121. The van der Waals surface area contributed by atoms with E-state index < -0.39 is 0 Å². The molecular formula is C19H22N4O. The first-order chi connectivity index (χ1) is 11.6. The predicted octanol–water partition coefficient (Wildman–Crippen LogP) is 3.67. The second-order valence-corrected chi connectivity index (χ2v) is 5.70. The molecule has 3 aromatic rings. The molecule has 0 radical (unpaired) electrons. The highest BCUT2D eigenvalue weighted by atomic mass is 16.1. The van der Waals surface area contributed by atoms with Crippen LogP contribution in [0.4, 0.5) is 11.5 Å². The molecule has 0 aliphatic rings. The minimum Gasteiger partial charge on any atom is -0.357 e. The molecule has 1 aromatic carbocycles. The van der Waals surface area contributed by atoms with Crippen molar-refractivity contribution >= 4 is 28.3 Å². The molecular weight excluding hydrogens is 300 g/mol. The highest BCUT2D eigenvalue weighted by Crippen LogP contribution is 2.22. The van der Waals surface area contributed by atoms with Gasteiger partial charge in [-0.15, -0.1) is 0 Å². The van der Waals surface area contributed by atoms with E-state index in [0.717, 1.165) is 29.8 Å². The maximum atomic E-state index is 12.6. The van der Waals surface area contributed by atoms with Gasteiger partial charge in [0.1, 0.15) is 5.82 Å². The molecule has 0 spiro atoms. The second-order valence-electron chi connectivity index (χ2n) is 5.70. The van der Waals surface area contributed by atoms with E-state index in [1.165, 1.54) is 0 Å². The van der Waals surface area contributed by atoms with Gasteiger partial charge in [0.15, 0.2) is 0 Å². The average molecular weight is 322 g/mol. The lowest BCUT2D eigenvalue weighted by atomic mass is 10.1. The first kappa shape index (κ1) is 16.1. The Labute approximate surface area is 141 Å². The van der Waals surface area contributed by atoms with Crippen LogP contribution in [0, 0.1) is 0 Å². The summed E-state index contributed by atoms with van der Waals surface area (Å²) in [7, 11) is 1.94. The van der Waals surface area contributed by atoms with Crippen LogP contribution in [0.25, 0.3) is 10.9 Å². The Hall–Kier alpha value is -2.82. The molecule has 1 N–H and O–H groups in total. The summed E-state index contributed by atoms with van der Waals surface area (Å²) in [5.74, 6) is 0.798. The van der Waals surface area contributed by atoms with E-state index in [4.69, 9.17) is 0 Å². The number of carbonyl (C=O) groups excluding carboxylic acids is 1. The van der Waals surface area contributed by atoms with Crippen LogP contribution in [0.2, 0.25) is 0 Å². The number of para-hydroxylation sites is 1. The van der Waals surface area contributed by atoms with Crippen molar-refractivity contribution in [1.29, 1.82) is 0 Å². The molecule has 1 amide bonds. The molecule has 5 heteroatoms. The van der Waals surface area contributed by atoms with Crippen molar-refractivity contribution in [2.45, 2.75) is 13.8 Å². The van der Waals surface area contributed by atoms with Crippen LogP contribution in [0.15, 0.2) is 48.8 Å². The summed E-state index contributed by atoms with van der Waals surface area (Å²) in [6.07, 6.45) is 3.56. The Morgan fingerprint density at radius 2 is 1.92 bits per heavy atom. The van der Waals surface area contributed by atoms with Gasteiger partial charge in [0.2, 0.25) is 0 Å². The SMILES string of the molecule is CCN(CC)c1ccc(NC(=O)c2cn(C)c3ccccc23)cn1. The molecule has 2 heterocycles. The lowest BCUT2D eigenvalue weighted by Gasteiger charge is -2.19. The zero-order valence-electron chi connectivity index (χ0n) is 14.3. The molecule has 0 unspecified atom stereocenters. The largest absolute Gasteiger partial charge is 0.357 e. The third kappa shape index (κ3) is 2.97. The molecule has 3 rings (SSSR count). The summed E-state index contributed by atoms with van der Waals surface area (Å²) in [4.78, 5) is 19.2. The Kier molecular flexibility index (Phi) is 4.51. The number of nitrogens with zero attached hydrogens (tertiary/aromatic N) is 3. The maximum Gasteiger partial charge on any atom is 0.257 e. The van der Waals surface area contributed by atoms with Crippen LogP contribution in [-0.2, 0) is 7.05 Å². The molecule has 24 heavy (non-hydrogen) atoms. The summed E-state index contributed by atoms with van der Waals surface area (Å²) >= 11 is 0. The molecule has 0 saturated carbocycles. The normalized spacial score (nSPS) is 10.8. The Morgan fingerprint density at radius 3 is 2.58 bits per heavy atom. The average Bonchev–Trinajstić information content (AvgIpc) is 2.95. The van der Waals surface area contributed by atoms with E-state index in [1.807, 2.05) is 54.2 Å². The topological polar surface area (TPSA) is 50.2 Å². The number of rotatable bonds is 5. The van der Waals surface area contributed by atoms with E-state index in [1.54, 1.807) is 6.20 Å². The van der Waals surface area contributed by atoms with Gasteiger partial charge in [-0.3, -0.25) is 4.79 Å². The number of benzene rings is 1. The zero-order chi connectivity index (χ0) is 17.1. The van der Waals surface area contributed by atoms with E-state index in [0.29, 0.717) is 11.3 Å². The van der Waals surface area contributed by atoms with Crippen molar-refractivity contribution in [3.05, 3.63) is 54.4 Å². The van der Waals surface area contributed by atoms with Gasteiger partial charge < -0.3 is 14.8 Å². The van der Waals surface area contributed by atoms with Crippen LogP contribution >= 0.6 is 0 Å². The monoisotopic (exact) mass is 322 g/mol. The van der Waals surface area contributed by atoms with E-state index >= 15 is 0 Å². The van der Waals surface area contributed by atoms with E-state index in [-0.39, 0.29) is 5.91 Å². The van der Waals surface area contributed by atoms with Gasteiger partial charge in [-0.05, 0) is 32.0 Å². The van der Waals surface area contributed by atoms with Crippen molar-refractivity contribution in [2.75, 3.05) is 23.3 Å². The van der Waals surface area contributed by atoms with Gasteiger partial charge >= 0.3 is 0 Å². The molecule has 0 bridgehead atoms. The van der Waals surface area contributed by atoms with Crippen LogP contribution in [0.3, 0.4) is 0 Å². The Bertz CT molecular complexity index is 847. The van der Waals surface area contributed by atoms with Crippen LogP contribution in [0.5, 0.6) is 0 Å². The van der Waals surface area contributed by atoms with Crippen molar-refractivity contribution in [2.24, 2.45) is 7.05 Å². The molecule has 0 aliphatic heterocycles. The van der Waals surface area contributed by atoms with Gasteiger partial charge in [0, 0.05) is 37.2 Å². The van der Waals surface area contributed by atoms with Gasteiger partial charge in [-0.2, -0.15) is 0 Å². The minimum absolute atomic E-state index is 0.121. The van der Waals surface area contributed by atoms with Gasteiger partial charge in [0.05, 0.1) is 17.4 Å². The number of carbonyl (C=O) groups is 1. The summed E-state index contributed by atoms with van der Waals surface area (Å²) in [5.41, 5.74) is 2.41. The third-order valence-electron chi connectivity index (χ3n) is 4.23. The molecule has 0 fully saturated rings. The highest BCUT2D eigenvalue weighted by Gasteiger charge is 2.14. The summed E-state index contributed by atoms with van der Waals surface area (Å²) in [6, 6.07) is 11.7. The number of hydrogen-bond donors (Lipinski definition) is 1. The van der Waals surface area contributed by atoms with Gasteiger partial charge in [-0.1, -0.05) is 18.2 Å². The second kappa shape index (κ2) is 6.74. The molecule has 0 aliphatic carbocycles. The van der Waals surface area contributed by atoms with Gasteiger partial charge in [-0.25, -0.2) is 4.98 Å². The van der Waals surface area contributed by atoms with Crippen molar-refractivity contribution in [1.82, 2.24) is 9.55 Å². The summed E-state index contributed by atoms with van der Waals surface area (Å²) in [5, 5.41) is 3.88. The first-order valence-electron chi connectivity index (χ1n) is 8.20. The molecule has 2 aromatic heterocycles. The summed E-state index contributed by atoms with van der Waals surface area (Å²) in [6.45, 7) is 6.01. The number of amides is 1. The smallest absolute Gasteiger partial charge is 0.257 e. The Morgan fingerprint density at radius 1 is 1.17 bits per heavy atom. The quantitative estimate of drug-likeness (QED) is 0.780. The number of nitrogens with one attached hydrogen (secondary N) is 1. The standard InChI is InChI=1S/C19H22N4O/c1-4-23(5-2)18-11-10-14(12-20-18)21-19(24)16-13-22(3)17-9-7-6-8-15(16)17/h6-13H,4-5H2,1-3H3,(H,21,24). The lowest BCUT2D eigenvalue weighted by molar-refractivity contribution is 0.102. The Balaban J connectivity index is 1.81. The van der Waals surface area contributed by atoms with Crippen molar-refractivity contribution in [3.63, 3.8) is 0 Å². The zero-order valence-corrected chi connectivity index (χ0v) is 14.3. The number of anilines is 2. The molecule has 124 valence electrons. The number of aromatic nitrogens is 2. The fourth-order valence-electron chi connectivity index (χ4n) is 2.92. The van der Waals surface area contributed by atoms with Crippen LogP contribution in [0.1, 0.15) is 24.2 Å². The molecule has 5 nitrogen and oxygen atoms in total. The fraction of sp³-hybridized carbons (Fsp3) is 0.263. The third-order valence-corrected chi connectivity index (χ3v) is 4.23. The van der Waals surface area contributed by atoms with Crippen molar-refractivity contribution in [3.8, 4) is 0 Å². The van der Waals surface area contributed by atoms with Crippen LogP contribution < -0.4 is 10.2 Å². The maximum absolute atomic E-state index is 12.6. The number of fused-ring (bicyclic) bond motifs is 1. The highest BCUT2D eigenvalue weighted by molar-refractivity contribution is 6.12. The summed E-state index contributed by atoms with van der Waals surface area (Å²) < 4.78 is 1.96. The lowest BCUT2D eigenvalue weighted by Crippen LogP contribution is -2.22. The number of aryl methyl sites for hydroxylation is 1. The number of pyridine rings is 1. The fourth-order valence-corrected chi connectivity index (χ4v) is 2.92. The van der Waals surface area contributed by atoms with Crippen LogP contribution in [-0.4, -0.2) is 28.5 Å². The molecule has 0 saturated heterocycles.